The van der Waals surface area contributed by atoms with E-state index in [-0.39, 0.29) is 24.5 Å². The Balaban J connectivity index is 1.79. The van der Waals surface area contributed by atoms with Crippen molar-refractivity contribution >= 4 is 5.91 Å². The maximum Gasteiger partial charge on any atom is 0.229 e. The summed E-state index contributed by atoms with van der Waals surface area (Å²) in [5.74, 6) is 0.766. The summed E-state index contributed by atoms with van der Waals surface area (Å²) < 4.78 is 11.0. The summed E-state index contributed by atoms with van der Waals surface area (Å²) in [6.07, 6.45) is 1.96. The van der Waals surface area contributed by atoms with Gasteiger partial charge in [-0.1, -0.05) is 30.3 Å². The summed E-state index contributed by atoms with van der Waals surface area (Å²) in [6.45, 7) is 3.09. The Morgan fingerprint density at radius 2 is 2.12 bits per heavy atom. The highest BCUT2D eigenvalue weighted by Crippen LogP contribution is 2.27. The molecule has 1 saturated heterocycles. The Morgan fingerprint density at radius 1 is 1.33 bits per heavy atom. The van der Waals surface area contributed by atoms with Gasteiger partial charge in [0.05, 0.1) is 38.0 Å². The first kappa shape index (κ1) is 16.5. The fourth-order valence-electron chi connectivity index (χ4n) is 2.97. The van der Waals surface area contributed by atoms with Gasteiger partial charge in [-0.3, -0.25) is 9.78 Å². The van der Waals surface area contributed by atoms with Gasteiger partial charge in [0, 0.05) is 18.8 Å². The molecule has 0 bridgehead atoms. The van der Waals surface area contributed by atoms with E-state index in [1.165, 1.54) is 0 Å². The number of hydrogen-bond acceptors (Lipinski definition) is 4. The summed E-state index contributed by atoms with van der Waals surface area (Å²) in [4.78, 5) is 19.1. The number of methoxy groups -OCH3 is 1. The first-order chi connectivity index (χ1) is 11.7. The molecule has 0 aliphatic carbocycles. The van der Waals surface area contributed by atoms with E-state index >= 15 is 0 Å². The highest BCUT2D eigenvalue weighted by atomic mass is 16.5. The summed E-state index contributed by atoms with van der Waals surface area (Å²) in [6, 6.07) is 13.5. The number of pyridine rings is 1. The second kappa shape index (κ2) is 7.45. The molecule has 126 valence electrons. The smallest absolute Gasteiger partial charge is 0.229 e. The third-order valence-corrected chi connectivity index (χ3v) is 4.23. The van der Waals surface area contributed by atoms with Crippen LogP contribution in [0.25, 0.3) is 0 Å². The molecule has 2 heterocycles. The standard InChI is InChI=1S/C19H22N2O3/c1-14-12-21(18(13-24-14)15-6-4-3-5-7-15)19(22)11-16-10-17(23-2)8-9-20-16/h3-10,14,18H,11-13H2,1-2H3/t14-,18-/m1/s1. The quantitative estimate of drug-likeness (QED) is 0.867. The molecule has 1 aromatic heterocycles. The van der Waals surface area contributed by atoms with Gasteiger partial charge in [0.1, 0.15) is 5.75 Å². The van der Waals surface area contributed by atoms with Crippen LogP contribution in [0.5, 0.6) is 5.75 Å². The lowest BCUT2D eigenvalue weighted by molar-refractivity contribution is -0.144. The lowest BCUT2D eigenvalue weighted by Crippen LogP contribution is -2.47. The van der Waals surface area contributed by atoms with Crippen LogP contribution in [-0.2, 0) is 16.0 Å². The van der Waals surface area contributed by atoms with Crippen LogP contribution < -0.4 is 4.74 Å². The van der Waals surface area contributed by atoms with Crippen molar-refractivity contribution in [3.8, 4) is 5.75 Å². The van der Waals surface area contributed by atoms with E-state index in [0.717, 1.165) is 5.56 Å². The monoisotopic (exact) mass is 326 g/mol. The minimum atomic E-state index is -0.0551. The molecule has 0 radical (unpaired) electrons. The zero-order chi connectivity index (χ0) is 16.9. The SMILES string of the molecule is COc1ccnc(CC(=O)N2C[C@@H](C)OC[C@@H]2c2ccccc2)c1. The van der Waals surface area contributed by atoms with Crippen molar-refractivity contribution in [1.82, 2.24) is 9.88 Å². The highest BCUT2D eigenvalue weighted by molar-refractivity contribution is 5.79. The van der Waals surface area contributed by atoms with Crippen LogP contribution >= 0.6 is 0 Å². The number of carbonyl (C=O) groups excluding carboxylic acids is 1. The molecule has 1 aromatic carbocycles. The molecule has 1 amide bonds. The predicted octanol–water partition coefficient (Wildman–Crippen LogP) is 2.62. The third kappa shape index (κ3) is 3.74. The number of aromatic nitrogens is 1. The lowest BCUT2D eigenvalue weighted by Gasteiger charge is -2.39. The largest absolute Gasteiger partial charge is 0.497 e. The van der Waals surface area contributed by atoms with Crippen LogP contribution in [0.4, 0.5) is 0 Å². The Labute approximate surface area is 142 Å². The van der Waals surface area contributed by atoms with Gasteiger partial charge in [0.15, 0.2) is 0 Å². The first-order valence-electron chi connectivity index (χ1n) is 8.12. The zero-order valence-electron chi connectivity index (χ0n) is 14.0. The van der Waals surface area contributed by atoms with E-state index in [9.17, 15) is 4.79 Å². The number of ether oxygens (including phenoxy) is 2. The van der Waals surface area contributed by atoms with Gasteiger partial charge in [-0.25, -0.2) is 0 Å². The normalized spacial score (nSPS) is 20.7. The predicted molar refractivity (Wildman–Crippen MR) is 90.8 cm³/mol. The summed E-state index contributed by atoms with van der Waals surface area (Å²) in [5, 5.41) is 0. The number of morpholine rings is 1. The molecule has 1 aliphatic rings. The molecule has 5 nitrogen and oxygen atoms in total. The van der Waals surface area contributed by atoms with Crippen molar-refractivity contribution in [1.29, 1.82) is 0 Å². The van der Waals surface area contributed by atoms with Crippen LogP contribution in [0.2, 0.25) is 0 Å². The van der Waals surface area contributed by atoms with Gasteiger partial charge in [-0.05, 0) is 18.6 Å². The summed E-state index contributed by atoms with van der Waals surface area (Å²) in [7, 11) is 1.61. The van der Waals surface area contributed by atoms with Gasteiger partial charge in [-0.15, -0.1) is 0 Å². The Bertz CT molecular complexity index is 690. The van der Waals surface area contributed by atoms with E-state index in [2.05, 4.69) is 4.98 Å². The second-order valence-electron chi connectivity index (χ2n) is 5.98. The first-order valence-corrected chi connectivity index (χ1v) is 8.12. The number of benzene rings is 1. The van der Waals surface area contributed by atoms with Gasteiger partial charge in [0.2, 0.25) is 5.91 Å². The maximum absolute atomic E-state index is 12.9. The molecule has 0 saturated carbocycles. The number of carbonyl (C=O) groups is 1. The molecule has 2 atom stereocenters. The van der Waals surface area contributed by atoms with Crippen LogP contribution in [0.3, 0.4) is 0 Å². The molecule has 24 heavy (non-hydrogen) atoms. The molecule has 0 spiro atoms. The van der Waals surface area contributed by atoms with E-state index in [0.29, 0.717) is 24.6 Å². The fourth-order valence-corrected chi connectivity index (χ4v) is 2.97. The van der Waals surface area contributed by atoms with Crippen molar-refractivity contribution in [2.75, 3.05) is 20.3 Å². The lowest BCUT2D eigenvalue weighted by atomic mass is 10.0. The van der Waals surface area contributed by atoms with Crippen LogP contribution in [-0.4, -0.2) is 42.2 Å². The zero-order valence-corrected chi connectivity index (χ0v) is 14.0. The van der Waals surface area contributed by atoms with Gasteiger partial charge in [-0.2, -0.15) is 0 Å². The summed E-state index contributed by atoms with van der Waals surface area (Å²) in [5.41, 5.74) is 1.81. The summed E-state index contributed by atoms with van der Waals surface area (Å²) >= 11 is 0. The van der Waals surface area contributed by atoms with E-state index in [1.54, 1.807) is 25.4 Å². The second-order valence-corrected chi connectivity index (χ2v) is 5.98. The Kier molecular flexibility index (Phi) is 5.11. The molecular formula is C19H22N2O3. The van der Waals surface area contributed by atoms with Crippen LogP contribution in [0.1, 0.15) is 24.2 Å². The minimum absolute atomic E-state index is 0.0344. The maximum atomic E-state index is 12.9. The molecule has 2 aromatic rings. The number of hydrogen-bond donors (Lipinski definition) is 0. The van der Waals surface area contributed by atoms with Crippen LogP contribution in [0, 0.1) is 0 Å². The topological polar surface area (TPSA) is 51.7 Å². The van der Waals surface area contributed by atoms with Crippen LogP contribution in [0.15, 0.2) is 48.7 Å². The average molecular weight is 326 g/mol. The van der Waals surface area contributed by atoms with Crippen molar-refractivity contribution in [2.24, 2.45) is 0 Å². The van der Waals surface area contributed by atoms with Crippen molar-refractivity contribution in [3.63, 3.8) is 0 Å². The fraction of sp³-hybridized carbons (Fsp3) is 0.368. The van der Waals surface area contributed by atoms with Crippen molar-refractivity contribution in [3.05, 3.63) is 59.9 Å². The minimum Gasteiger partial charge on any atom is -0.497 e. The van der Waals surface area contributed by atoms with Gasteiger partial charge < -0.3 is 14.4 Å². The molecule has 3 rings (SSSR count). The molecule has 0 unspecified atom stereocenters. The number of rotatable bonds is 4. The number of amides is 1. The Morgan fingerprint density at radius 3 is 2.88 bits per heavy atom. The molecule has 5 heteroatoms. The molecule has 1 fully saturated rings. The molecule has 1 aliphatic heterocycles. The van der Waals surface area contributed by atoms with Gasteiger partial charge in [0.25, 0.3) is 0 Å². The average Bonchev–Trinajstić information content (AvgIpc) is 2.62. The molecule has 0 N–H and O–H groups in total. The van der Waals surface area contributed by atoms with E-state index in [4.69, 9.17) is 9.47 Å². The van der Waals surface area contributed by atoms with E-state index in [1.807, 2.05) is 42.2 Å². The van der Waals surface area contributed by atoms with Crippen molar-refractivity contribution < 1.29 is 14.3 Å². The Hall–Kier alpha value is -2.40. The molecular weight excluding hydrogens is 304 g/mol. The third-order valence-electron chi connectivity index (χ3n) is 4.23. The number of nitrogens with zero attached hydrogens (tertiary/aromatic N) is 2. The highest BCUT2D eigenvalue weighted by Gasteiger charge is 2.31. The van der Waals surface area contributed by atoms with Gasteiger partial charge >= 0.3 is 0 Å². The van der Waals surface area contributed by atoms with Crippen molar-refractivity contribution in [2.45, 2.75) is 25.5 Å². The van der Waals surface area contributed by atoms with E-state index < -0.39 is 0 Å².